The third-order valence-electron chi connectivity index (χ3n) is 6.89. The Balaban J connectivity index is 2.29. The minimum Gasteiger partial charge on any atom is -0.463 e. The van der Waals surface area contributed by atoms with E-state index in [1.807, 2.05) is 30.3 Å². The Hall–Kier alpha value is -4.43. The van der Waals surface area contributed by atoms with Crippen LogP contribution >= 0.6 is 11.6 Å². The Morgan fingerprint density at radius 2 is 1.35 bits per heavy atom. The van der Waals surface area contributed by atoms with E-state index in [4.69, 9.17) is 21.1 Å². The monoisotopic (exact) mass is 560 g/mol. The topological polar surface area (TPSA) is 99.0 Å². The first-order chi connectivity index (χ1) is 19.2. The molecule has 0 bridgehead atoms. The van der Waals surface area contributed by atoms with Crippen LogP contribution < -0.4 is 4.90 Å². The summed E-state index contributed by atoms with van der Waals surface area (Å²) >= 11 is 6.83. The average molecular weight is 561 g/mol. The van der Waals surface area contributed by atoms with Crippen LogP contribution in [0.5, 0.6) is 0 Å². The van der Waals surface area contributed by atoms with Gasteiger partial charge in [-0.15, -0.1) is 0 Å². The second-order valence-corrected chi connectivity index (χ2v) is 9.48. The summed E-state index contributed by atoms with van der Waals surface area (Å²) in [7, 11) is 0. The number of para-hydroxylation sites is 1. The van der Waals surface area contributed by atoms with Crippen LogP contribution in [0.2, 0.25) is 5.02 Å². The van der Waals surface area contributed by atoms with E-state index in [1.54, 1.807) is 62.9 Å². The van der Waals surface area contributed by atoms with Gasteiger partial charge in [-0.3, -0.25) is 10.1 Å². The van der Waals surface area contributed by atoms with Gasteiger partial charge < -0.3 is 14.4 Å². The summed E-state index contributed by atoms with van der Waals surface area (Å²) in [6.45, 7) is 7.01. The average Bonchev–Trinajstić information content (AvgIpc) is 2.94. The maximum atomic E-state index is 14.1. The number of anilines is 1. The molecule has 0 spiro atoms. The zero-order valence-corrected chi connectivity index (χ0v) is 23.4. The summed E-state index contributed by atoms with van der Waals surface area (Å²) in [4.78, 5) is 41.3. The highest BCUT2D eigenvalue weighted by molar-refractivity contribution is 6.32. The summed E-state index contributed by atoms with van der Waals surface area (Å²) in [6.07, 6.45) is 0. The molecule has 40 heavy (non-hydrogen) atoms. The van der Waals surface area contributed by atoms with E-state index < -0.39 is 22.3 Å². The standard InChI is InChI=1S/C31H29ClN2O6/c1-5-39-29(35)27-20(3)33(23-15-11-8-12-16-23)21(4)28(30(36)40-6-2)31(27,22-13-9-7-10-14-22)25-19-24(34(37)38)17-18-26(25)32/h7-19H,5-6H2,1-4H3. The molecule has 0 aromatic heterocycles. The molecule has 3 aromatic carbocycles. The van der Waals surface area contributed by atoms with Crippen molar-refractivity contribution >= 4 is 34.9 Å². The van der Waals surface area contributed by atoms with E-state index in [-0.39, 0.29) is 40.6 Å². The third-order valence-corrected chi connectivity index (χ3v) is 7.22. The lowest BCUT2D eigenvalue weighted by Gasteiger charge is -2.46. The van der Waals surface area contributed by atoms with Crippen LogP contribution in [-0.2, 0) is 24.5 Å². The minimum atomic E-state index is -1.71. The number of rotatable bonds is 8. The van der Waals surface area contributed by atoms with Gasteiger partial charge in [0.05, 0.1) is 34.7 Å². The van der Waals surface area contributed by atoms with Crippen LogP contribution in [0.3, 0.4) is 0 Å². The van der Waals surface area contributed by atoms with Gasteiger partial charge in [0.25, 0.3) is 5.69 Å². The number of halogens is 1. The molecule has 206 valence electrons. The quantitative estimate of drug-likeness (QED) is 0.171. The van der Waals surface area contributed by atoms with Gasteiger partial charge in [0, 0.05) is 34.2 Å². The van der Waals surface area contributed by atoms with Crippen molar-refractivity contribution in [3.05, 3.63) is 128 Å². The second-order valence-electron chi connectivity index (χ2n) is 9.07. The zero-order valence-electron chi connectivity index (χ0n) is 22.6. The molecule has 9 heteroatoms. The van der Waals surface area contributed by atoms with Crippen molar-refractivity contribution in [2.75, 3.05) is 18.1 Å². The predicted molar refractivity (Wildman–Crippen MR) is 153 cm³/mol. The van der Waals surface area contributed by atoms with Crippen LogP contribution in [-0.4, -0.2) is 30.1 Å². The largest absolute Gasteiger partial charge is 0.463 e. The number of hydrogen-bond donors (Lipinski definition) is 0. The van der Waals surface area contributed by atoms with E-state index in [0.29, 0.717) is 22.6 Å². The van der Waals surface area contributed by atoms with Crippen molar-refractivity contribution in [1.82, 2.24) is 0 Å². The van der Waals surface area contributed by atoms with Crippen LogP contribution in [0.25, 0.3) is 0 Å². The normalized spacial score (nSPS) is 14.7. The van der Waals surface area contributed by atoms with Crippen molar-refractivity contribution in [3.8, 4) is 0 Å². The fraction of sp³-hybridized carbons (Fsp3) is 0.226. The first-order valence-electron chi connectivity index (χ1n) is 12.8. The smallest absolute Gasteiger partial charge is 0.337 e. The maximum Gasteiger partial charge on any atom is 0.337 e. The van der Waals surface area contributed by atoms with Crippen molar-refractivity contribution < 1.29 is 24.0 Å². The molecular weight excluding hydrogens is 532 g/mol. The number of carbonyl (C=O) groups excluding carboxylic acids is 2. The van der Waals surface area contributed by atoms with Gasteiger partial charge in [-0.2, -0.15) is 0 Å². The van der Waals surface area contributed by atoms with Crippen LogP contribution in [0.4, 0.5) is 11.4 Å². The molecule has 3 aromatic rings. The fourth-order valence-corrected chi connectivity index (χ4v) is 5.69. The van der Waals surface area contributed by atoms with Gasteiger partial charge >= 0.3 is 11.9 Å². The lowest BCUT2D eigenvalue weighted by atomic mass is 9.61. The molecule has 0 unspecified atom stereocenters. The van der Waals surface area contributed by atoms with Gasteiger partial charge in [0.1, 0.15) is 0 Å². The Kier molecular flexibility index (Phi) is 8.40. The SMILES string of the molecule is CCOC(=O)C1=C(C)N(c2ccccc2)C(C)=C(C(=O)OCC)C1(c1ccccc1)c1cc([N+](=O)[O-])ccc1Cl. The van der Waals surface area contributed by atoms with E-state index in [1.165, 1.54) is 18.2 Å². The summed E-state index contributed by atoms with van der Waals surface area (Å²) in [6, 6.07) is 22.1. The first-order valence-corrected chi connectivity index (χ1v) is 13.2. The molecule has 0 fully saturated rings. The zero-order chi connectivity index (χ0) is 29.0. The predicted octanol–water partition coefficient (Wildman–Crippen LogP) is 6.73. The summed E-state index contributed by atoms with van der Waals surface area (Å²) in [5, 5.41) is 12.1. The number of nitrogens with zero attached hydrogens (tertiary/aromatic N) is 2. The number of nitro benzene ring substituents is 1. The number of carbonyl (C=O) groups is 2. The third kappa shape index (κ3) is 4.75. The number of allylic oxidation sites excluding steroid dienone is 2. The molecule has 0 aliphatic carbocycles. The lowest BCUT2D eigenvalue weighted by Crippen LogP contribution is -2.47. The Labute approximate surface area is 237 Å². The van der Waals surface area contributed by atoms with E-state index >= 15 is 0 Å². The van der Waals surface area contributed by atoms with Gasteiger partial charge in [-0.25, -0.2) is 9.59 Å². The van der Waals surface area contributed by atoms with E-state index in [2.05, 4.69) is 0 Å². The highest BCUT2D eigenvalue weighted by atomic mass is 35.5. The summed E-state index contributed by atoms with van der Waals surface area (Å²) in [5.74, 6) is -1.39. The second kappa shape index (κ2) is 11.8. The van der Waals surface area contributed by atoms with Crippen molar-refractivity contribution in [2.45, 2.75) is 33.1 Å². The molecule has 0 N–H and O–H groups in total. The number of nitro groups is 1. The number of benzene rings is 3. The van der Waals surface area contributed by atoms with Crippen LogP contribution in [0, 0.1) is 10.1 Å². The Bertz CT molecular complexity index is 1470. The van der Waals surface area contributed by atoms with Gasteiger partial charge in [-0.05, 0) is 57.0 Å². The Morgan fingerprint density at radius 1 is 0.850 bits per heavy atom. The fourth-order valence-electron chi connectivity index (χ4n) is 5.43. The molecule has 1 aliphatic rings. The molecule has 1 heterocycles. The molecule has 0 atom stereocenters. The van der Waals surface area contributed by atoms with Gasteiger partial charge in [-0.1, -0.05) is 60.1 Å². The van der Waals surface area contributed by atoms with E-state index in [0.717, 1.165) is 0 Å². The lowest BCUT2D eigenvalue weighted by molar-refractivity contribution is -0.384. The van der Waals surface area contributed by atoms with Gasteiger partial charge in [0.15, 0.2) is 0 Å². The molecule has 0 radical (unpaired) electrons. The molecule has 4 rings (SSSR count). The maximum absolute atomic E-state index is 14.1. The molecule has 0 amide bonds. The highest BCUT2D eigenvalue weighted by Crippen LogP contribution is 2.55. The van der Waals surface area contributed by atoms with Crippen molar-refractivity contribution in [2.24, 2.45) is 0 Å². The molecular formula is C31H29ClN2O6. The number of hydrogen-bond acceptors (Lipinski definition) is 7. The number of ether oxygens (including phenoxy) is 2. The van der Waals surface area contributed by atoms with Crippen molar-refractivity contribution in [1.29, 1.82) is 0 Å². The van der Waals surface area contributed by atoms with Crippen LogP contribution in [0.1, 0.15) is 38.8 Å². The molecule has 1 aliphatic heterocycles. The first kappa shape index (κ1) is 28.6. The minimum absolute atomic E-state index is 0.0614. The number of non-ortho nitro benzene ring substituents is 1. The van der Waals surface area contributed by atoms with Crippen LogP contribution in [0.15, 0.2) is 101 Å². The number of esters is 2. The molecule has 0 saturated heterocycles. The van der Waals surface area contributed by atoms with Gasteiger partial charge in [0.2, 0.25) is 0 Å². The molecule has 8 nitrogen and oxygen atoms in total. The highest BCUT2D eigenvalue weighted by Gasteiger charge is 2.55. The summed E-state index contributed by atoms with van der Waals surface area (Å²) in [5.41, 5.74) is 0.573. The summed E-state index contributed by atoms with van der Waals surface area (Å²) < 4.78 is 11.2. The molecule has 0 saturated carbocycles. The van der Waals surface area contributed by atoms with E-state index in [9.17, 15) is 19.7 Å². The Morgan fingerprint density at radius 3 is 1.82 bits per heavy atom. The van der Waals surface area contributed by atoms with Crippen molar-refractivity contribution in [3.63, 3.8) is 0 Å².